The number of rotatable bonds is 7. The monoisotopic (exact) mass is 1040 g/mol. The summed E-state index contributed by atoms with van der Waals surface area (Å²) >= 11 is -2.29. The van der Waals surface area contributed by atoms with Crippen LogP contribution >= 0.6 is 0 Å². The van der Waals surface area contributed by atoms with Gasteiger partial charge >= 0.3 is 160 Å². The summed E-state index contributed by atoms with van der Waals surface area (Å²) in [5.41, 5.74) is 12.0. The van der Waals surface area contributed by atoms with Gasteiger partial charge in [-0.2, -0.15) is 0 Å². The molecule has 313 valence electrons. The number of fused-ring (bicyclic) bond motifs is 4. The predicted octanol–water partition coefficient (Wildman–Crippen LogP) is 14.6. The number of hydrogen-bond donors (Lipinski definition) is 0. The second-order valence-electron chi connectivity index (χ2n) is 19.6. The molecule has 60 heavy (non-hydrogen) atoms. The van der Waals surface area contributed by atoms with Crippen molar-refractivity contribution in [1.82, 2.24) is 14.5 Å². The van der Waals surface area contributed by atoms with Crippen molar-refractivity contribution < 1.29 is 27.3 Å². The Morgan fingerprint density at radius 1 is 0.750 bits per heavy atom. The first-order chi connectivity index (χ1) is 28.6. The molecule has 0 saturated carbocycles. The van der Waals surface area contributed by atoms with Gasteiger partial charge in [0.1, 0.15) is 5.58 Å². The van der Waals surface area contributed by atoms with Crippen LogP contribution in [0.1, 0.15) is 106 Å². The molecule has 0 bridgehead atoms. The Morgan fingerprint density at radius 3 is 2.07 bits per heavy atom. The number of furan rings is 1. The van der Waals surface area contributed by atoms with Gasteiger partial charge in [0.2, 0.25) is 0 Å². The van der Waals surface area contributed by atoms with Gasteiger partial charge in [0.15, 0.2) is 0 Å². The van der Waals surface area contributed by atoms with Crippen LogP contribution in [0.3, 0.4) is 0 Å². The average molecular weight is 1030 g/mol. The molecular weight excluding hydrogens is 971 g/mol. The Labute approximate surface area is 377 Å². The van der Waals surface area contributed by atoms with E-state index in [0.29, 0.717) is 11.8 Å². The molecule has 0 spiro atoms. The first-order valence-electron chi connectivity index (χ1n) is 22.1. The Kier molecular flexibility index (Phi) is 12.4. The first kappa shape index (κ1) is 42.4. The summed E-state index contributed by atoms with van der Waals surface area (Å²) in [4.78, 5) is 9.88. The van der Waals surface area contributed by atoms with E-state index < -0.39 is 25.1 Å². The normalized spacial score (nSPS) is 13.1. The van der Waals surface area contributed by atoms with Crippen LogP contribution in [0.4, 0.5) is 0 Å². The fraction of sp³-hybridized carbons (Fsp3) is 0.333. The first-order valence-corrected chi connectivity index (χ1v) is 28.4. The molecule has 4 nitrogen and oxygen atoms in total. The van der Waals surface area contributed by atoms with Gasteiger partial charge < -0.3 is 8.98 Å². The minimum atomic E-state index is -2.29. The molecule has 0 unspecified atom stereocenters. The van der Waals surface area contributed by atoms with Gasteiger partial charge in [0.05, 0.1) is 22.4 Å². The van der Waals surface area contributed by atoms with Crippen LogP contribution < -0.4 is 4.40 Å². The molecule has 0 aliphatic rings. The van der Waals surface area contributed by atoms with Gasteiger partial charge in [0.25, 0.3) is 0 Å². The van der Waals surface area contributed by atoms with E-state index in [0.717, 1.165) is 65.6 Å². The van der Waals surface area contributed by atoms with Crippen LogP contribution in [-0.2, 0) is 31.9 Å². The average Bonchev–Trinajstić information content (AvgIpc) is 3.78. The maximum Gasteiger partial charge on any atom is 0 e. The standard InChI is InChI=1S/C31H27N2O.C23H34GeN.Ir/c1-19(2)22-11-9-12-23(20(3)4)30(22)33-27-14-7-6-13-26(27)32-31(33)21-16-17-29-25(18-21)24-10-5-8-15-28(24)34-29;1-22(2,3)15-18-14-21(25-16-20(18)24(7,8)9)17-11-10-12-19(13-17)23(4,5)6;/h5-15,17-20H,1-4H3;10,12-14,16H,15H2,1-9H3;/q2*-1;/i;15D2;. The Bertz CT molecular complexity index is 2840. The molecule has 3 heterocycles. The Morgan fingerprint density at radius 2 is 1.42 bits per heavy atom. The summed E-state index contributed by atoms with van der Waals surface area (Å²) < 4.78 is 27.3. The third-order valence-electron chi connectivity index (χ3n) is 10.8. The molecule has 8 aromatic rings. The predicted molar refractivity (Wildman–Crippen MR) is 254 cm³/mol. The number of hydrogen-bond acceptors (Lipinski definition) is 3. The van der Waals surface area contributed by atoms with Crippen molar-refractivity contribution in [3.05, 3.63) is 144 Å². The molecule has 1 radical (unpaired) electrons. The fourth-order valence-corrected chi connectivity index (χ4v) is 10.7. The van der Waals surface area contributed by atoms with Crippen LogP contribution in [0.5, 0.6) is 0 Å². The summed E-state index contributed by atoms with van der Waals surface area (Å²) in [6, 6.07) is 42.3. The summed E-state index contributed by atoms with van der Waals surface area (Å²) in [6.07, 6.45) is 0.506. The second-order valence-corrected chi connectivity index (χ2v) is 30.1. The van der Waals surface area contributed by atoms with Crippen molar-refractivity contribution >= 4 is 50.6 Å². The van der Waals surface area contributed by atoms with Crippen molar-refractivity contribution in [2.75, 3.05) is 0 Å². The molecule has 3 aromatic heterocycles. The van der Waals surface area contributed by atoms with Crippen LogP contribution in [-0.4, -0.2) is 27.8 Å². The fourth-order valence-electron chi connectivity index (χ4n) is 7.79. The van der Waals surface area contributed by atoms with Gasteiger partial charge in [-0.3, -0.25) is 4.98 Å². The van der Waals surface area contributed by atoms with Crippen LogP contribution in [0.15, 0.2) is 114 Å². The van der Waals surface area contributed by atoms with Crippen molar-refractivity contribution in [2.24, 2.45) is 5.41 Å². The van der Waals surface area contributed by atoms with E-state index >= 15 is 0 Å². The quantitative estimate of drug-likeness (QED) is 0.118. The van der Waals surface area contributed by atoms with E-state index in [-0.39, 0.29) is 25.5 Å². The van der Waals surface area contributed by atoms with E-state index in [2.05, 4.69) is 155 Å². The van der Waals surface area contributed by atoms with Crippen LogP contribution in [0.25, 0.3) is 61.3 Å². The smallest absolute Gasteiger partial charge is 0 e. The minimum Gasteiger partial charge on any atom is 0 e. The van der Waals surface area contributed by atoms with Crippen LogP contribution in [0.2, 0.25) is 17.3 Å². The third kappa shape index (κ3) is 9.60. The molecule has 5 aromatic carbocycles. The number of pyridine rings is 1. The van der Waals surface area contributed by atoms with Crippen molar-refractivity contribution in [2.45, 2.75) is 110 Å². The van der Waals surface area contributed by atoms with Gasteiger partial charge in [-0.25, -0.2) is 0 Å². The maximum absolute atomic E-state index is 8.90. The zero-order chi connectivity index (χ0) is 44.2. The van der Waals surface area contributed by atoms with Crippen molar-refractivity contribution in [3.8, 4) is 28.3 Å². The number of para-hydroxylation sites is 4. The summed E-state index contributed by atoms with van der Waals surface area (Å²) in [5, 5.41) is 2.20. The zero-order valence-electron chi connectivity index (χ0n) is 39.6. The largest absolute Gasteiger partial charge is 0 e. The van der Waals surface area contributed by atoms with Gasteiger partial charge in [-0.1, -0.05) is 81.6 Å². The minimum absolute atomic E-state index is 0. The topological polar surface area (TPSA) is 43.9 Å². The van der Waals surface area contributed by atoms with Crippen molar-refractivity contribution in [1.29, 1.82) is 0 Å². The second kappa shape index (κ2) is 17.6. The van der Waals surface area contributed by atoms with E-state index in [9.17, 15) is 0 Å². The molecule has 0 atom stereocenters. The molecule has 0 N–H and O–H groups in total. The van der Waals surface area contributed by atoms with E-state index in [1.165, 1.54) is 22.4 Å². The maximum atomic E-state index is 8.90. The molecule has 0 fully saturated rings. The number of aromatic nitrogens is 3. The van der Waals surface area contributed by atoms with E-state index in [1.807, 2.05) is 57.3 Å². The molecular formula is C54H61GeIrN3O-2. The van der Waals surface area contributed by atoms with Gasteiger partial charge in [0, 0.05) is 31.2 Å². The number of nitrogens with zero attached hydrogens (tertiary/aromatic N) is 3. The molecule has 0 saturated heterocycles. The SMILES string of the molecule is CC(C)c1cccc(C(C)C)c1-n1c(-c2[c-]cc3oc4ccccc4c3c2)nc2ccccc21.[2H]C([2H])(c1cc(-c2[c-]ccc(C(C)(C)C)c2)nc[c]1[Ge]([CH3])([CH3])[CH3])C(C)(C)C.[Ir]. The van der Waals surface area contributed by atoms with E-state index in [4.69, 9.17) is 17.1 Å². The number of benzene rings is 5. The Hall–Kier alpha value is -4.29. The molecule has 0 aliphatic carbocycles. The molecule has 6 heteroatoms. The molecule has 0 aliphatic heterocycles. The molecule has 8 rings (SSSR count). The number of imidazole rings is 1. The summed E-state index contributed by atoms with van der Waals surface area (Å²) in [6.45, 7) is 21.5. The van der Waals surface area contributed by atoms with Crippen molar-refractivity contribution in [3.63, 3.8) is 0 Å². The Balaban J connectivity index is 0.000000210. The van der Waals surface area contributed by atoms with Gasteiger partial charge in [-0.05, 0) is 41.2 Å². The summed E-state index contributed by atoms with van der Waals surface area (Å²) in [7, 11) is 0. The summed E-state index contributed by atoms with van der Waals surface area (Å²) in [5.74, 6) is 8.56. The molecule has 0 amide bonds. The van der Waals surface area contributed by atoms with Crippen LogP contribution in [0, 0.1) is 17.5 Å². The van der Waals surface area contributed by atoms with E-state index in [1.54, 1.807) is 0 Å². The zero-order valence-corrected chi connectivity index (χ0v) is 42.1. The third-order valence-corrected chi connectivity index (χ3v) is 15.1. The van der Waals surface area contributed by atoms with Gasteiger partial charge in [-0.15, -0.1) is 23.8 Å².